The third-order valence-electron chi connectivity index (χ3n) is 8.49. The molecule has 0 rings (SSSR count). The SMILES string of the molecule is CCCCCCCCCCCCOC[C@H](CSC[C@H](N)C(=O)NCCOCCOCCC(F)(F)P(O)O)OCCCCCCCCCCCC. The Balaban J connectivity index is 4.19. The number of rotatable bonds is 40. The normalized spacial score (nSPS) is 13.3. The minimum atomic E-state index is -3.54. The molecule has 0 aromatic heterocycles. The van der Waals surface area contributed by atoms with Gasteiger partial charge in [-0.3, -0.25) is 4.79 Å². The number of alkyl halides is 2. The van der Waals surface area contributed by atoms with Gasteiger partial charge in [0, 0.05) is 37.7 Å². The Morgan fingerprint density at radius 3 is 1.68 bits per heavy atom. The van der Waals surface area contributed by atoms with Crippen molar-refractivity contribution in [2.45, 2.75) is 166 Å². The molecule has 1 amide bonds. The lowest BCUT2D eigenvalue weighted by atomic mass is 10.1. The second-order valence-corrected chi connectivity index (χ2v) is 15.6. The van der Waals surface area contributed by atoms with Crippen molar-refractivity contribution in [2.75, 3.05) is 64.3 Å². The van der Waals surface area contributed by atoms with E-state index < -0.39 is 26.5 Å². The van der Waals surface area contributed by atoms with Crippen molar-refractivity contribution in [1.82, 2.24) is 5.32 Å². The Bertz CT molecular complexity index is 735. The fourth-order valence-electron chi connectivity index (χ4n) is 5.29. The zero-order valence-electron chi connectivity index (χ0n) is 31.7. The summed E-state index contributed by atoms with van der Waals surface area (Å²) in [4.78, 5) is 29.7. The number of carbonyl (C=O) groups excluding carboxylic acids is 1. The number of nitrogens with one attached hydrogen (secondary N) is 1. The highest BCUT2D eigenvalue weighted by atomic mass is 32.2. The van der Waals surface area contributed by atoms with E-state index in [1.807, 2.05) is 0 Å². The summed E-state index contributed by atoms with van der Waals surface area (Å²) in [6.07, 6.45) is 25.0. The van der Waals surface area contributed by atoms with E-state index >= 15 is 0 Å². The molecule has 0 radical (unpaired) electrons. The summed E-state index contributed by atoms with van der Waals surface area (Å²) in [6, 6.07) is -0.663. The molecule has 0 aromatic carbocycles. The molecule has 0 bridgehead atoms. The van der Waals surface area contributed by atoms with Crippen LogP contribution >= 0.6 is 20.1 Å². The molecule has 9 nitrogen and oxygen atoms in total. The first kappa shape index (κ1) is 49.8. The molecular formula is C37H75F2N2O7PS. The van der Waals surface area contributed by atoms with Crippen LogP contribution in [0.5, 0.6) is 0 Å². The highest BCUT2D eigenvalue weighted by molar-refractivity contribution is 7.99. The van der Waals surface area contributed by atoms with E-state index in [1.54, 1.807) is 11.8 Å². The van der Waals surface area contributed by atoms with Crippen LogP contribution in [0.3, 0.4) is 0 Å². The monoisotopic (exact) mass is 761 g/mol. The first-order valence-corrected chi connectivity index (χ1v) is 22.2. The van der Waals surface area contributed by atoms with Gasteiger partial charge in [0.05, 0.1) is 45.2 Å². The molecule has 0 heterocycles. The Hall–Kier alpha value is -0.170. The number of carbonyl (C=O) groups is 1. The molecule has 0 aliphatic rings. The van der Waals surface area contributed by atoms with E-state index in [9.17, 15) is 13.6 Å². The molecule has 0 saturated carbocycles. The number of nitrogens with two attached hydrogens (primary N) is 1. The third kappa shape index (κ3) is 33.7. The van der Waals surface area contributed by atoms with Crippen LogP contribution in [0.2, 0.25) is 0 Å². The van der Waals surface area contributed by atoms with Crippen molar-refractivity contribution in [3.8, 4) is 0 Å². The lowest BCUT2D eigenvalue weighted by Crippen LogP contribution is -2.43. The second-order valence-electron chi connectivity index (χ2n) is 13.3. The quantitative estimate of drug-likeness (QED) is 0.0358. The molecule has 50 heavy (non-hydrogen) atoms. The van der Waals surface area contributed by atoms with Crippen LogP contribution in [0.1, 0.15) is 149 Å². The van der Waals surface area contributed by atoms with Crippen molar-refractivity contribution in [1.29, 1.82) is 0 Å². The number of ether oxygens (including phenoxy) is 4. The van der Waals surface area contributed by atoms with E-state index in [2.05, 4.69) is 19.2 Å². The molecule has 0 fully saturated rings. The fraction of sp³-hybridized carbons (Fsp3) is 0.973. The summed E-state index contributed by atoms with van der Waals surface area (Å²) >= 11 is 1.60. The Kier molecular flexibility index (Phi) is 37.0. The van der Waals surface area contributed by atoms with Gasteiger partial charge < -0.3 is 39.8 Å². The fourth-order valence-corrected chi connectivity index (χ4v) is 6.57. The zero-order valence-corrected chi connectivity index (χ0v) is 33.4. The predicted molar refractivity (Wildman–Crippen MR) is 205 cm³/mol. The maximum Gasteiger partial charge on any atom is 0.316 e. The van der Waals surface area contributed by atoms with E-state index in [0.717, 1.165) is 26.1 Å². The first-order chi connectivity index (χ1) is 24.2. The van der Waals surface area contributed by atoms with E-state index in [4.69, 9.17) is 34.5 Å². The van der Waals surface area contributed by atoms with Gasteiger partial charge in [-0.25, -0.2) is 0 Å². The van der Waals surface area contributed by atoms with Crippen molar-refractivity contribution < 1.29 is 42.3 Å². The summed E-state index contributed by atoms with van der Waals surface area (Å²) in [5.74, 6) is 0.916. The molecule has 300 valence electrons. The zero-order chi connectivity index (χ0) is 37.0. The molecule has 13 heteroatoms. The lowest BCUT2D eigenvalue weighted by molar-refractivity contribution is -0.122. The van der Waals surface area contributed by atoms with Gasteiger partial charge in [0.15, 0.2) is 0 Å². The number of amides is 1. The average molecular weight is 761 g/mol. The van der Waals surface area contributed by atoms with Gasteiger partial charge in [0.1, 0.15) is 0 Å². The third-order valence-corrected chi connectivity index (χ3v) is 10.5. The van der Waals surface area contributed by atoms with Crippen LogP contribution in [0.4, 0.5) is 8.78 Å². The minimum Gasteiger partial charge on any atom is -0.379 e. The van der Waals surface area contributed by atoms with Gasteiger partial charge in [-0.05, 0) is 12.8 Å². The number of hydrogen-bond acceptors (Lipinski definition) is 9. The average Bonchev–Trinajstić information content (AvgIpc) is 3.09. The summed E-state index contributed by atoms with van der Waals surface area (Å²) in [5, 5.41) is 2.76. The van der Waals surface area contributed by atoms with Gasteiger partial charge in [-0.2, -0.15) is 20.5 Å². The molecule has 5 N–H and O–H groups in total. The molecule has 0 unspecified atom stereocenters. The van der Waals surface area contributed by atoms with Gasteiger partial charge in [0.2, 0.25) is 14.3 Å². The molecule has 0 aliphatic heterocycles. The number of hydrogen-bond donors (Lipinski definition) is 4. The number of halogens is 2. The van der Waals surface area contributed by atoms with Crippen LogP contribution < -0.4 is 11.1 Å². The first-order valence-electron chi connectivity index (χ1n) is 19.8. The Labute approximate surface area is 309 Å². The highest BCUT2D eigenvalue weighted by Gasteiger charge is 2.38. The topological polar surface area (TPSA) is 132 Å². The van der Waals surface area contributed by atoms with Gasteiger partial charge in [-0.15, -0.1) is 0 Å². The van der Waals surface area contributed by atoms with Crippen LogP contribution in [0.25, 0.3) is 0 Å². The molecule has 0 aromatic rings. The highest BCUT2D eigenvalue weighted by Crippen LogP contribution is 2.47. The standard InChI is InChI=1S/C37H75F2N2O7PS/c1-3-5-7-9-11-13-15-17-19-21-25-47-31-34(48-26-22-20-18-16-14-12-10-8-6-4-2)32-50-33-35(40)36(42)41-24-28-46-30-29-45-27-23-37(38,39)49(43)44/h34-35,43-44H,3-33,40H2,1-2H3,(H,41,42)/t34-,35+/m1/s1. The smallest absolute Gasteiger partial charge is 0.316 e. The number of unbranched alkanes of at least 4 members (excludes halogenated alkanes) is 18. The van der Waals surface area contributed by atoms with Crippen LogP contribution in [0.15, 0.2) is 0 Å². The van der Waals surface area contributed by atoms with Crippen molar-refractivity contribution in [2.24, 2.45) is 5.73 Å². The predicted octanol–water partition coefficient (Wildman–Crippen LogP) is 8.72. The van der Waals surface area contributed by atoms with Crippen LogP contribution in [0, 0.1) is 0 Å². The summed E-state index contributed by atoms with van der Waals surface area (Å²) in [6.45, 7) is 6.98. The van der Waals surface area contributed by atoms with Crippen molar-refractivity contribution in [3.05, 3.63) is 0 Å². The number of thioether (sulfide) groups is 1. The largest absolute Gasteiger partial charge is 0.379 e. The maximum absolute atomic E-state index is 13.1. The Morgan fingerprint density at radius 2 is 1.16 bits per heavy atom. The molecule has 0 saturated heterocycles. The van der Waals surface area contributed by atoms with Crippen LogP contribution in [-0.4, -0.2) is 97.8 Å². The summed E-state index contributed by atoms with van der Waals surface area (Å²) in [7, 11) is -3.32. The van der Waals surface area contributed by atoms with Crippen LogP contribution in [-0.2, 0) is 23.7 Å². The van der Waals surface area contributed by atoms with Gasteiger partial charge >= 0.3 is 5.66 Å². The second kappa shape index (κ2) is 37.2. The molecule has 0 aliphatic carbocycles. The van der Waals surface area contributed by atoms with E-state index in [0.29, 0.717) is 18.1 Å². The summed E-state index contributed by atoms with van der Waals surface area (Å²) in [5.41, 5.74) is 2.58. The van der Waals surface area contributed by atoms with E-state index in [1.165, 1.54) is 116 Å². The van der Waals surface area contributed by atoms with E-state index in [-0.39, 0.29) is 45.0 Å². The maximum atomic E-state index is 13.1. The molecular weight excluding hydrogens is 685 g/mol. The van der Waals surface area contributed by atoms with Gasteiger partial charge in [0.25, 0.3) is 0 Å². The lowest BCUT2D eigenvalue weighted by Gasteiger charge is -2.19. The minimum absolute atomic E-state index is 0.0338. The van der Waals surface area contributed by atoms with Crippen molar-refractivity contribution in [3.63, 3.8) is 0 Å². The summed E-state index contributed by atoms with van der Waals surface area (Å²) < 4.78 is 48.9. The van der Waals surface area contributed by atoms with Crippen molar-refractivity contribution >= 4 is 26.0 Å². The Morgan fingerprint density at radius 1 is 0.680 bits per heavy atom. The van der Waals surface area contributed by atoms with Gasteiger partial charge in [-0.1, -0.05) is 129 Å². The molecule has 2 atom stereocenters. The molecule has 0 spiro atoms.